The molecule has 37 heavy (non-hydrogen) atoms. The van der Waals surface area contributed by atoms with Gasteiger partial charge in [0.25, 0.3) is 0 Å². The number of fused-ring (bicyclic) bond motifs is 1. The fraction of sp³-hybridized carbons (Fsp3) is 0.143. The summed E-state index contributed by atoms with van der Waals surface area (Å²) in [6.07, 6.45) is 2.69. The predicted octanol–water partition coefficient (Wildman–Crippen LogP) is 5.09. The summed E-state index contributed by atoms with van der Waals surface area (Å²) in [5.41, 5.74) is 1.75. The van der Waals surface area contributed by atoms with Crippen LogP contribution in [-0.4, -0.2) is 36.4 Å². The SMILES string of the molecule is CC(=O)c1ccc(O)c(CC=C(C)C)c1.O=c1c(O)c(-c2ccc(O)c(O)c2)oc2cc(O)cc(O)c12. The summed E-state index contributed by atoms with van der Waals surface area (Å²) in [5, 5.41) is 57.2. The predicted molar refractivity (Wildman–Crippen MR) is 137 cm³/mol. The molecule has 0 amide bonds. The molecule has 9 nitrogen and oxygen atoms in total. The highest BCUT2D eigenvalue weighted by Gasteiger charge is 2.19. The van der Waals surface area contributed by atoms with Crippen molar-refractivity contribution in [1.82, 2.24) is 0 Å². The number of benzene rings is 3. The highest BCUT2D eigenvalue weighted by Crippen LogP contribution is 2.37. The van der Waals surface area contributed by atoms with Crippen molar-refractivity contribution in [1.29, 1.82) is 0 Å². The molecule has 0 unspecified atom stereocenters. The number of carbonyl (C=O) groups excluding carboxylic acids is 1. The molecule has 9 heteroatoms. The van der Waals surface area contributed by atoms with E-state index in [1.165, 1.54) is 18.6 Å². The van der Waals surface area contributed by atoms with Gasteiger partial charge in [-0.3, -0.25) is 9.59 Å². The first-order valence-electron chi connectivity index (χ1n) is 11.1. The first kappa shape index (κ1) is 26.7. The molecule has 0 aliphatic carbocycles. The Bertz CT molecular complexity index is 1580. The zero-order valence-corrected chi connectivity index (χ0v) is 20.3. The summed E-state index contributed by atoms with van der Waals surface area (Å²) >= 11 is 0. The van der Waals surface area contributed by atoms with Gasteiger partial charge in [-0.2, -0.15) is 0 Å². The van der Waals surface area contributed by atoms with Gasteiger partial charge in [0, 0.05) is 23.3 Å². The summed E-state index contributed by atoms with van der Waals surface area (Å²) in [6, 6.07) is 10.6. The van der Waals surface area contributed by atoms with Crippen LogP contribution in [0.2, 0.25) is 0 Å². The maximum absolute atomic E-state index is 12.1. The molecule has 0 bridgehead atoms. The summed E-state index contributed by atoms with van der Waals surface area (Å²) < 4.78 is 5.35. The molecule has 1 heterocycles. The first-order chi connectivity index (χ1) is 17.4. The average Bonchev–Trinajstić information content (AvgIpc) is 2.82. The Kier molecular flexibility index (Phi) is 7.77. The molecular formula is C28H26O9. The number of phenols is 5. The number of allylic oxidation sites excluding steroid dienone is 2. The zero-order chi connectivity index (χ0) is 27.4. The van der Waals surface area contributed by atoms with Gasteiger partial charge in [-0.05, 0) is 69.2 Å². The van der Waals surface area contributed by atoms with Gasteiger partial charge < -0.3 is 35.1 Å². The highest BCUT2D eigenvalue weighted by atomic mass is 16.4. The Hall–Kier alpha value is -4.92. The molecule has 0 spiro atoms. The van der Waals surface area contributed by atoms with Crippen molar-refractivity contribution in [2.45, 2.75) is 27.2 Å². The Morgan fingerprint density at radius 2 is 1.49 bits per heavy atom. The van der Waals surface area contributed by atoms with Gasteiger partial charge in [-0.1, -0.05) is 11.6 Å². The van der Waals surface area contributed by atoms with Gasteiger partial charge >= 0.3 is 0 Å². The second-order valence-corrected chi connectivity index (χ2v) is 8.54. The minimum Gasteiger partial charge on any atom is -0.508 e. The van der Waals surface area contributed by atoms with E-state index < -0.39 is 22.7 Å². The molecule has 0 aliphatic heterocycles. The van der Waals surface area contributed by atoms with Crippen molar-refractivity contribution in [2.24, 2.45) is 0 Å². The van der Waals surface area contributed by atoms with Crippen LogP contribution in [0.3, 0.4) is 0 Å². The topological polar surface area (TPSA) is 169 Å². The summed E-state index contributed by atoms with van der Waals surface area (Å²) in [5.74, 6) is -2.44. The number of Topliss-reactive ketones (excluding diaryl/α,β-unsaturated/α-hetero) is 1. The molecule has 0 fully saturated rings. The zero-order valence-electron chi connectivity index (χ0n) is 20.3. The third-order valence-electron chi connectivity index (χ3n) is 5.39. The molecule has 192 valence electrons. The second kappa shape index (κ2) is 10.8. The lowest BCUT2D eigenvalue weighted by Crippen LogP contribution is -2.02. The molecule has 0 atom stereocenters. The number of hydrogen-bond acceptors (Lipinski definition) is 9. The molecule has 0 saturated carbocycles. The molecule has 6 N–H and O–H groups in total. The van der Waals surface area contributed by atoms with Gasteiger partial charge in [0.2, 0.25) is 11.2 Å². The standard InChI is InChI=1S/C15H10O7.C13H16O2/c16-7-4-10(19)12-11(5-7)22-15(14(21)13(12)20)6-1-2-8(17)9(18)3-6;1-9(2)4-5-12-8-11(10(3)14)6-7-13(12)15/h1-5,16-19,21H;4,6-8,15H,5H2,1-3H3. The largest absolute Gasteiger partial charge is 0.508 e. The maximum atomic E-state index is 12.1. The van der Waals surface area contributed by atoms with Crippen LogP contribution in [-0.2, 0) is 6.42 Å². The summed E-state index contributed by atoms with van der Waals surface area (Å²) in [7, 11) is 0. The fourth-order valence-electron chi connectivity index (χ4n) is 3.42. The lowest BCUT2D eigenvalue weighted by Gasteiger charge is -2.08. The Balaban J connectivity index is 0.000000222. The normalized spacial score (nSPS) is 10.5. The highest BCUT2D eigenvalue weighted by molar-refractivity contribution is 5.94. The number of hydrogen-bond donors (Lipinski definition) is 6. The van der Waals surface area contributed by atoms with Crippen LogP contribution in [0.15, 0.2) is 69.4 Å². The van der Waals surface area contributed by atoms with Crippen LogP contribution in [0.1, 0.15) is 36.7 Å². The van der Waals surface area contributed by atoms with Crippen LogP contribution in [0.25, 0.3) is 22.3 Å². The first-order valence-corrected chi connectivity index (χ1v) is 11.1. The number of rotatable bonds is 4. The Labute approximate surface area is 211 Å². The van der Waals surface area contributed by atoms with E-state index in [0.717, 1.165) is 29.8 Å². The third-order valence-corrected chi connectivity index (χ3v) is 5.39. The van der Waals surface area contributed by atoms with Crippen molar-refractivity contribution in [2.75, 3.05) is 0 Å². The van der Waals surface area contributed by atoms with Crippen LogP contribution >= 0.6 is 0 Å². The van der Waals surface area contributed by atoms with E-state index in [1.807, 2.05) is 19.9 Å². The van der Waals surface area contributed by atoms with Gasteiger partial charge in [0.05, 0.1) is 0 Å². The Morgan fingerprint density at radius 1 is 0.811 bits per heavy atom. The number of ketones is 1. The minimum atomic E-state index is -0.888. The van der Waals surface area contributed by atoms with E-state index in [9.17, 15) is 40.2 Å². The van der Waals surface area contributed by atoms with Crippen molar-refractivity contribution >= 4 is 16.8 Å². The van der Waals surface area contributed by atoms with Gasteiger partial charge in [-0.25, -0.2) is 0 Å². The quantitative estimate of drug-likeness (QED) is 0.125. The monoisotopic (exact) mass is 506 g/mol. The summed E-state index contributed by atoms with van der Waals surface area (Å²) in [4.78, 5) is 23.3. The molecular weight excluding hydrogens is 480 g/mol. The van der Waals surface area contributed by atoms with E-state index >= 15 is 0 Å². The van der Waals surface area contributed by atoms with Gasteiger partial charge in [-0.15, -0.1) is 0 Å². The molecule has 0 radical (unpaired) electrons. The van der Waals surface area contributed by atoms with E-state index in [0.29, 0.717) is 12.0 Å². The number of phenolic OH excluding ortho intramolecular Hbond substituents is 5. The summed E-state index contributed by atoms with van der Waals surface area (Å²) in [6.45, 7) is 5.54. The molecule has 0 aliphatic rings. The average molecular weight is 507 g/mol. The van der Waals surface area contributed by atoms with E-state index in [2.05, 4.69) is 0 Å². The number of carbonyl (C=O) groups is 1. The number of aromatic hydroxyl groups is 6. The molecule has 3 aromatic carbocycles. The van der Waals surface area contributed by atoms with Crippen LogP contribution in [0.4, 0.5) is 0 Å². The lowest BCUT2D eigenvalue weighted by molar-refractivity contribution is 0.101. The second-order valence-electron chi connectivity index (χ2n) is 8.54. The van der Waals surface area contributed by atoms with Crippen LogP contribution < -0.4 is 5.43 Å². The van der Waals surface area contributed by atoms with Crippen molar-refractivity contribution in [3.63, 3.8) is 0 Å². The van der Waals surface area contributed by atoms with Gasteiger partial charge in [0.1, 0.15) is 28.2 Å². The fourth-order valence-corrected chi connectivity index (χ4v) is 3.42. The molecule has 4 rings (SSSR count). The van der Waals surface area contributed by atoms with E-state index in [4.69, 9.17) is 4.42 Å². The van der Waals surface area contributed by atoms with Crippen LogP contribution in [0, 0.1) is 0 Å². The van der Waals surface area contributed by atoms with Crippen LogP contribution in [0.5, 0.6) is 34.5 Å². The maximum Gasteiger partial charge on any atom is 0.238 e. The smallest absolute Gasteiger partial charge is 0.238 e. The minimum absolute atomic E-state index is 0.0217. The lowest BCUT2D eigenvalue weighted by atomic mass is 10.0. The Morgan fingerprint density at radius 3 is 2.11 bits per heavy atom. The van der Waals surface area contributed by atoms with Crippen molar-refractivity contribution in [3.05, 3.63) is 81.5 Å². The molecule has 1 aromatic heterocycles. The van der Waals surface area contributed by atoms with Crippen molar-refractivity contribution in [3.8, 4) is 45.8 Å². The van der Waals surface area contributed by atoms with E-state index in [-0.39, 0.29) is 45.3 Å². The third kappa shape index (κ3) is 6.02. The molecule has 4 aromatic rings. The van der Waals surface area contributed by atoms with Gasteiger partial charge in [0.15, 0.2) is 23.0 Å². The van der Waals surface area contributed by atoms with E-state index in [1.54, 1.807) is 18.2 Å². The van der Waals surface area contributed by atoms with Crippen molar-refractivity contribution < 1.29 is 39.9 Å². The molecule has 0 saturated heterocycles.